The molecular weight excluding hydrogens is 727 g/mol. The average Bonchev–Trinajstić information content (AvgIpc) is 3.93. The van der Waals surface area contributed by atoms with Crippen molar-refractivity contribution < 1.29 is 0 Å². The summed E-state index contributed by atoms with van der Waals surface area (Å²) in [5, 5.41) is 4.89. The minimum atomic E-state index is -0.664. The molecule has 0 unspecified atom stereocenters. The summed E-state index contributed by atoms with van der Waals surface area (Å²) in [6.07, 6.45) is 0. The Morgan fingerprint density at radius 2 is 0.933 bits per heavy atom. The molecule has 0 N–H and O–H groups in total. The lowest BCUT2D eigenvalue weighted by Crippen LogP contribution is -2.27. The van der Waals surface area contributed by atoms with Gasteiger partial charge >= 0.3 is 0 Å². The van der Waals surface area contributed by atoms with Gasteiger partial charge in [-0.2, -0.15) is 0 Å². The van der Waals surface area contributed by atoms with Gasteiger partial charge in [0.15, 0.2) is 5.82 Å². The number of para-hydroxylation sites is 2. The molecule has 3 nitrogen and oxygen atoms in total. The quantitative estimate of drug-likeness (QED) is 0.179. The van der Waals surface area contributed by atoms with E-state index in [0.29, 0.717) is 0 Å². The van der Waals surface area contributed by atoms with Crippen molar-refractivity contribution in [2.45, 2.75) is 5.41 Å². The Kier molecular flexibility index (Phi) is 6.93. The summed E-state index contributed by atoms with van der Waals surface area (Å²) in [6.45, 7) is 0. The molecule has 0 fully saturated rings. The van der Waals surface area contributed by atoms with Gasteiger partial charge in [-0.3, -0.25) is 0 Å². The Hall–Kier alpha value is -7.88. The van der Waals surface area contributed by atoms with Gasteiger partial charge in [0.25, 0.3) is 0 Å². The minimum absolute atomic E-state index is 0.664. The largest absolute Gasteiger partial charge is 0.309 e. The van der Waals surface area contributed by atoms with Crippen LogP contribution in [0.25, 0.3) is 94.3 Å². The molecule has 1 spiro atoms. The molecule has 3 heteroatoms. The topological polar surface area (TPSA) is 30.7 Å². The van der Waals surface area contributed by atoms with Crippen LogP contribution in [0.3, 0.4) is 0 Å². The van der Waals surface area contributed by atoms with E-state index >= 15 is 0 Å². The van der Waals surface area contributed by atoms with Crippen LogP contribution >= 0.6 is 0 Å². The predicted octanol–water partition coefficient (Wildman–Crippen LogP) is 14.1. The van der Waals surface area contributed by atoms with Crippen LogP contribution in [0.1, 0.15) is 22.4 Å². The van der Waals surface area contributed by atoms with E-state index in [1.54, 1.807) is 0 Å². The minimum Gasteiger partial charge on any atom is -0.309 e. The molecule has 11 aromatic rings. The number of benzene rings is 9. The van der Waals surface area contributed by atoms with Crippen molar-refractivity contribution in [3.63, 3.8) is 0 Å². The maximum Gasteiger partial charge on any atom is 0.160 e. The van der Waals surface area contributed by atoms with Crippen molar-refractivity contribution in [2.24, 2.45) is 0 Å². The summed E-state index contributed by atoms with van der Waals surface area (Å²) in [5.74, 6) is 0.729. The molecule has 278 valence electrons. The Morgan fingerprint density at radius 1 is 0.367 bits per heavy atom. The van der Waals surface area contributed by atoms with Crippen molar-refractivity contribution in [1.29, 1.82) is 0 Å². The first-order chi connectivity index (χ1) is 29.8. The second-order valence-corrected chi connectivity index (χ2v) is 16.0. The van der Waals surface area contributed by atoms with Crippen LogP contribution < -0.4 is 0 Å². The maximum absolute atomic E-state index is 5.72. The van der Waals surface area contributed by atoms with E-state index in [9.17, 15) is 0 Å². The predicted molar refractivity (Wildman–Crippen MR) is 246 cm³/mol. The lowest BCUT2D eigenvalue weighted by Gasteiger charge is -2.30. The Morgan fingerprint density at radius 3 is 1.65 bits per heavy atom. The van der Waals surface area contributed by atoms with Crippen molar-refractivity contribution in [3.05, 3.63) is 235 Å². The van der Waals surface area contributed by atoms with E-state index in [1.165, 1.54) is 77.1 Å². The molecule has 0 amide bonds. The van der Waals surface area contributed by atoms with Crippen molar-refractivity contribution in [1.82, 2.24) is 14.5 Å². The highest BCUT2D eigenvalue weighted by Crippen LogP contribution is 2.64. The first kappa shape index (κ1) is 33.1. The van der Waals surface area contributed by atoms with Gasteiger partial charge in [-0.25, -0.2) is 9.97 Å². The zero-order valence-electron chi connectivity index (χ0n) is 32.5. The first-order valence-corrected chi connectivity index (χ1v) is 20.7. The molecule has 0 saturated carbocycles. The molecule has 2 aliphatic rings. The van der Waals surface area contributed by atoms with E-state index in [-0.39, 0.29) is 0 Å². The molecule has 0 saturated heterocycles. The second-order valence-electron chi connectivity index (χ2n) is 16.0. The summed E-state index contributed by atoms with van der Waals surface area (Å²) in [7, 11) is 0. The number of rotatable bonds is 4. The maximum atomic E-state index is 5.72. The van der Waals surface area contributed by atoms with Crippen LogP contribution in [0.2, 0.25) is 0 Å². The van der Waals surface area contributed by atoms with Crippen LogP contribution in [-0.2, 0) is 5.41 Å². The van der Waals surface area contributed by atoms with Gasteiger partial charge in [-0.1, -0.05) is 182 Å². The molecule has 2 aromatic heterocycles. The van der Waals surface area contributed by atoms with E-state index in [4.69, 9.17) is 9.97 Å². The number of hydrogen-bond acceptors (Lipinski definition) is 2. The van der Waals surface area contributed by atoms with Gasteiger partial charge < -0.3 is 4.57 Å². The Labute approximate surface area is 347 Å². The lowest BCUT2D eigenvalue weighted by molar-refractivity contribution is 0.758. The van der Waals surface area contributed by atoms with Gasteiger partial charge in [0.1, 0.15) is 0 Å². The molecule has 0 atom stereocenters. The second kappa shape index (κ2) is 12.6. The molecule has 2 aliphatic carbocycles. The van der Waals surface area contributed by atoms with Crippen molar-refractivity contribution in [2.75, 3.05) is 0 Å². The summed E-state index contributed by atoms with van der Waals surface area (Å²) < 4.78 is 2.38. The molecule has 0 aliphatic heterocycles. The van der Waals surface area contributed by atoms with Gasteiger partial charge in [-0.05, 0) is 85.6 Å². The summed E-state index contributed by atoms with van der Waals surface area (Å²) in [4.78, 5) is 11.3. The molecule has 9 aromatic carbocycles. The summed E-state index contributed by atoms with van der Waals surface area (Å²) in [5.41, 5.74) is 17.8. The molecule has 13 rings (SSSR count). The number of hydrogen-bond donors (Lipinski definition) is 0. The third kappa shape index (κ3) is 4.49. The van der Waals surface area contributed by atoms with Gasteiger partial charge in [0, 0.05) is 33.2 Å². The molecule has 0 radical (unpaired) electrons. The van der Waals surface area contributed by atoms with Crippen LogP contribution in [0.15, 0.2) is 212 Å². The fraction of sp³-hybridized carbons (Fsp3) is 0.0175. The van der Waals surface area contributed by atoms with E-state index < -0.39 is 5.41 Å². The normalized spacial score (nSPS) is 13.1. The molecule has 2 heterocycles. The molecule has 0 bridgehead atoms. The van der Waals surface area contributed by atoms with Crippen molar-refractivity contribution in [3.8, 4) is 61.7 Å². The zero-order valence-corrected chi connectivity index (χ0v) is 32.5. The highest BCUT2D eigenvalue weighted by molar-refractivity contribution is 6.09. The van der Waals surface area contributed by atoms with Gasteiger partial charge in [-0.15, -0.1) is 0 Å². The van der Waals surface area contributed by atoms with Crippen LogP contribution in [0.5, 0.6) is 0 Å². The molecular formula is C57H35N3. The number of nitrogens with zero attached hydrogens (tertiary/aromatic N) is 3. The van der Waals surface area contributed by atoms with E-state index in [2.05, 4.69) is 217 Å². The highest BCUT2D eigenvalue weighted by Gasteiger charge is 2.54. The average molecular weight is 762 g/mol. The Balaban J connectivity index is 1.08. The third-order valence-corrected chi connectivity index (χ3v) is 13.0. The third-order valence-electron chi connectivity index (χ3n) is 13.0. The van der Waals surface area contributed by atoms with Crippen LogP contribution in [0.4, 0.5) is 0 Å². The van der Waals surface area contributed by atoms with E-state index in [1.807, 2.05) is 0 Å². The van der Waals surface area contributed by atoms with Gasteiger partial charge in [0.2, 0.25) is 0 Å². The van der Waals surface area contributed by atoms with E-state index in [0.717, 1.165) is 39.6 Å². The standard InChI is InChI=1S/C57H35N3/c1-2-16-38(17-3-1)56-58-54(46-24-14-18-37-15-4-5-19-41(37)46)53-47-34-31-39(35-50(47)57(55(53)59-56)48-25-10-6-20-42(48)43-21-7-11-26-49(43)57)36-29-32-40(33-30-36)60-51-27-12-8-22-44(51)45-23-9-13-28-52(45)60/h1-35H. The zero-order chi connectivity index (χ0) is 39.4. The lowest BCUT2D eigenvalue weighted by atomic mass is 9.72. The monoisotopic (exact) mass is 761 g/mol. The van der Waals surface area contributed by atoms with Crippen LogP contribution in [-0.4, -0.2) is 14.5 Å². The summed E-state index contributed by atoms with van der Waals surface area (Å²) in [6, 6.07) is 77.2. The SMILES string of the molecule is c1ccc(-c2nc(-c3cccc4ccccc34)c3c(n2)C2(c4ccccc4-c4ccccc42)c2cc(-c4ccc(-n5c6ccccc6c6ccccc65)cc4)ccc2-3)cc1. The fourth-order valence-corrected chi connectivity index (χ4v) is 10.5. The van der Waals surface area contributed by atoms with Crippen LogP contribution in [0, 0.1) is 0 Å². The summed E-state index contributed by atoms with van der Waals surface area (Å²) >= 11 is 0. The fourth-order valence-electron chi connectivity index (χ4n) is 10.5. The first-order valence-electron chi connectivity index (χ1n) is 20.7. The smallest absolute Gasteiger partial charge is 0.160 e. The van der Waals surface area contributed by atoms with Crippen molar-refractivity contribution >= 4 is 32.6 Å². The molecule has 60 heavy (non-hydrogen) atoms. The van der Waals surface area contributed by atoms with Gasteiger partial charge in [0.05, 0.1) is 27.8 Å². The number of fused-ring (bicyclic) bond motifs is 14. The number of aromatic nitrogens is 3. The Bertz CT molecular complexity index is 3440. The highest BCUT2D eigenvalue weighted by atomic mass is 15.0.